The van der Waals surface area contributed by atoms with Gasteiger partial charge in [0.2, 0.25) is 0 Å². The van der Waals surface area contributed by atoms with Gasteiger partial charge in [-0.1, -0.05) is 38.5 Å². The number of thioether (sulfide) groups is 1. The molecule has 1 N–H and O–H groups in total. The van der Waals surface area contributed by atoms with Crippen molar-refractivity contribution >= 4 is 17.4 Å². The van der Waals surface area contributed by atoms with E-state index in [1.54, 1.807) is 0 Å². The summed E-state index contributed by atoms with van der Waals surface area (Å²) in [5.74, 6) is 2.59. The summed E-state index contributed by atoms with van der Waals surface area (Å²) in [6, 6.07) is 9.26. The Labute approximate surface area is 121 Å². The highest BCUT2D eigenvalue weighted by Gasteiger charge is 2.25. The predicted octanol–water partition coefficient (Wildman–Crippen LogP) is 5.20. The Morgan fingerprint density at radius 2 is 2.11 bits per heavy atom. The minimum atomic E-state index is 0.620. The van der Waals surface area contributed by atoms with Crippen molar-refractivity contribution in [3.63, 3.8) is 0 Å². The van der Waals surface area contributed by atoms with E-state index in [0.717, 1.165) is 17.6 Å². The Kier molecular flexibility index (Phi) is 5.38. The standard InChI is InChI=1S/C17H25NS/c1-4-11-19-17-8-6-5-7-15(17)18-16-12-13(2)9-10-14(16)3/h4-8,13-14,16,18H,1,9-12H2,2-3H3. The van der Waals surface area contributed by atoms with Crippen LogP contribution in [0.15, 0.2) is 41.8 Å². The van der Waals surface area contributed by atoms with E-state index in [2.05, 4.69) is 50.0 Å². The van der Waals surface area contributed by atoms with Gasteiger partial charge in [-0.05, 0) is 36.8 Å². The molecule has 0 saturated heterocycles. The molecule has 1 aromatic carbocycles. The van der Waals surface area contributed by atoms with Gasteiger partial charge < -0.3 is 5.32 Å². The van der Waals surface area contributed by atoms with Crippen LogP contribution < -0.4 is 5.32 Å². The molecule has 3 atom stereocenters. The highest BCUT2D eigenvalue weighted by Crippen LogP contribution is 2.33. The molecule has 1 aliphatic carbocycles. The molecule has 19 heavy (non-hydrogen) atoms. The van der Waals surface area contributed by atoms with Gasteiger partial charge in [0.15, 0.2) is 0 Å². The molecule has 0 spiro atoms. The second kappa shape index (κ2) is 7.04. The molecule has 1 aliphatic rings. The van der Waals surface area contributed by atoms with Crippen molar-refractivity contribution in [3.05, 3.63) is 36.9 Å². The van der Waals surface area contributed by atoms with E-state index in [-0.39, 0.29) is 0 Å². The molecule has 0 radical (unpaired) electrons. The number of hydrogen-bond acceptors (Lipinski definition) is 2. The van der Waals surface area contributed by atoms with Crippen LogP contribution in [0.5, 0.6) is 0 Å². The molecule has 1 fully saturated rings. The zero-order valence-corrected chi connectivity index (χ0v) is 12.9. The fraction of sp³-hybridized carbons (Fsp3) is 0.529. The third-order valence-electron chi connectivity index (χ3n) is 4.04. The van der Waals surface area contributed by atoms with Gasteiger partial charge in [0.25, 0.3) is 0 Å². The van der Waals surface area contributed by atoms with E-state index in [1.165, 1.54) is 29.8 Å². The summed E-state index contributed by atoms with van der Waals surface area (Å²) in [6.45, 7) is 8.55. The van der Waals surface area contributed by atoms with E-state index in [1.807, 2.05) is 17.8 Å². The number of hydrogen-bond donors (Lipinski definition) is 1. The number of benzene rings is 1. The Morgan fingerprint density at radius 1 is 1.32 bits per heavy atom. The first kappa shape index (κ1) is 14.5. The summed E-state index contributed by atoms with van der Waals surface area (Å²) in [5.41, 5.74) is 1.29. The first-order valence-electron chi connectivity index (χ1n) is 7.30. The second-order valence-corrected chi connectivity index (χ2v) is 6.80. The lowest BCUT2D eigenvalue weighted by Crippen LogP contribution is -2.33. The maximum absolute atomic E-state index is 3.80. The van der Waals surface area contributed by atoms with Gasteiger partial charge in [-0.15, -0.1) is 18.3 Å². The van der Waals surface area contributed by atoms with Crippen LogP contribution in [0.25, 0.3) is 0 Å². The quantitative estimate of drug-likeness (QED) is 0.585. The highest BCUT2D eigenvalue weighted by atomic mass is 32.2. The molecule has 1 nitrogen and oxygen atoms in total. The van der Waals surface area contributed by atoms with Gasteiger partial charge in [0, 0.05) is 22.4 Å². The van der Waals surface area contributed by atoms with Gasteiger partial charge in [0.1, 0.15) is 0 Å². The summed E-state index contributed by atoms with van der Waals surface area (Å²) in [5, 5.41) is 3.78. The Hall–Kier alpha value is -0.890. The van der Waals surface area contributed by atoms with E-state index in [0.29, 0.717) is 6.04 Å². The fourth-order valence-electron chi connectivity index (χ4n) is 2.79. The molecule has 0 bridgehead atoms. The molecule has 3 unspecified atom stereocenters. The van der Waals surface area contributed by atoms with Crippen LogP contribution in [0.1, 0.15) is 33.1 Å². The van der Waals surface area contributed by atoms with Crippen molar-refractivity contribution in [2.24, 2.45) is 11.8 Å². The average molecular weight is 275 g/mol. The Morgan fingerprint density at radius 3 is 2.89 bits per heavy atom. The summed E-state index contributed by atoms with van der Waals surface area (Å²) in [6.07, 6.45) is 5.99. The lowest BCUT2D eigenvalue weighted by molar-refractivity contribution is 0.280. The van der Waals surface area contributed by atoms with Gasteiger partial charge in [-0.25, -0.2) is 0 Å². The number of anilines is 1. The van der Waals surface area contributed by atoms with Crippen LogP contribution in [-0.4, -0.2) is 11.8 Å². The Balaban J connectivity index is 2.06. The third kappa shape index (κ3) is 4.04. The number of rotatable bonds is 5. The molecule has 1 saturated carbocycles. The molecule has 2 heteroatoms. The van der Waals surface area contributed by atoms with E-state index < -0.39 is 0 Å². The second-order valence-electron chi connectivity index (χ2n) is 5.74. The first-order chi connectivity index (χ1) is 9.20. The third-order valence-corrected chi connectivity index (χ3v) is 5.11. The van der Waals surface area contributed by atoms with Crippen molar-refractivity contribution in [3.8, 4) is 0 Å². The van der Waals surface area contributed by atoms with Crippen molar-refractivity contribution in [1.82, 2.24) is 0 Å². The summed E-state index contributed by atoms with van der Waals surface area (Å²) < 4.78 is 0. The summed E-state index contributed by atoms with van der Waals surface area (Å²) in [4.78, 5) is 1.34. The van der Waals surface area contributed by atoms with Crippen LogP contribution in [0.2, 0.25) is 0 Å². The topological polar surface area (TPSA) is 12.0 Å². The van der Waals surface area contributed by atoms with Crippen LogP contribution in [-0.2, 0) is 0 Å². The lowest BCUT2D eigenvalue weighted by atomic mass is 9.80. The highest BCUT2D eigenvalue weighted by molar-refractivity contribution is 7.99. The molecular formula is C17H25NS. The van der Waals surface area contributed by atoms with Gasteiger partial charge in [-0.3, -0.25) is 0 Å². The van der Waals surface area contributed by atoms with Crippen LogP contribution >= 0.6 is 11.8 Å². The summed E-state index contributed by atoms with van der Waals surface area (Å²) in [7, 11) is 0. The van der Waals surface area contributed by atoms with Crippen molar-refractivity contribution < 1.29 is 0 Å². The first-order valence-corrected chi connectivity index (χ1v) is 8.28. The zero-order valence-electron chi connectivity index (χ0n) is 12.1. The van der Waals surface area contributed by atoms with E-state index >= 15 is 0 Å². The van der Waals surface area contributed by atoms with Crippen molar-refractivity contribution in [2.75, 3.05) is 11.1 Å². The maximum Gasteiger partial charge on any atom is 0.0480 e. The van der Waals surface area contributed by atoms with E-state index in [4.69, 9.17) is 0 Å². The molecule has 104 valence electrons. The normalized spacial score (nSPS) is 26.9. The minimum Gasteiger partial charge on any atom is -0.381 e. The largest absolute Gasteiger partial charge is 0.381 e. The number of nitrogens with one attached hydrogen (secondary N) is 1. The monoisotopic (exact) mass is 275 g/mol. The minimum absolute atomic E-state index is 0.620. The SMILES string of the molecule is C=CCSc1ccccc1NC1CC(C)CCC1C. The van der Waals surface area contributed by atoms with Crippen LogP contribution in [0.4, 0.5) is 5.69 Å². The number of para-hydroxylation sites is 1. The molecule has 0 amide bonds. The van der Waals surface area contributed by atoms with Crippen LogP contribution in [0.3, 0.4) is 0 Å². The van der Waals surface area contributed by atoms with E-state index in [9.17, 15) is 0 Å². The van der Waals surface area contributed by atoms with Crippen molar-refractivity contribution in [2.45, 2.75) is 44.0 Å². The lowest BCUT2D eigenvalue weighted by Gasteiger charge is -2.34. The molecule has 2 rings (SSSR count). The molecule has 0 aromatic heterocycles. The fourth-order valence-corrected chi connectivity index (χ4v) is 3.55. The Bertz CT molecular complexity index is 415. The van der Waals surface area contributed by atoms with Gasteiger partial charge in [-0.2, -0.15) is 0 Å². The molecule has 1 aromatic rings. The van der Waals surface area contributed by atoms with Crippen molar-refractivity contribution in [1.29, 1.82) is 0 Å². The average Bonchev–Trinajstić information content (AvgIpc) is 2.42. The molecular weight excluding hydrogens is 250 g/mol. The molecule has 0 aliphatic heterocycles. The maximum atomic E-state index is 3.80. The van der Waals surface area contributed by atoms with Gasteiger partial charge in [0.05, 0.1) is 0 Å². The van der Waals surface area contributed by atoms with Crippen LogP contribution in [0, 0.1) is 11.8 Å². The predicted molar refractivity (Wildman–Crippen MR) is 87.0 cm³/mol. The molecule has 0 heterocycles. The van der Waals surface area contributed by atoms with Gasteiger partial charge >= 0.3 is 0 Å². The summed E-state index contributed by atoms with van der Waals surface area (Å²) >= 11 is 1.86. The zero-order chi connectivity index (χ0) is 13.7. The smallest absolute Gasteiger partial charge is 0.0480 e.